The van der Waals surface area contributed by atoms with Crippen LogP contribution in [-0.2, 0) is 26.8 Å². The highest BCUT2D eigenvalue weighted by atomic mass is 31.3. The fraction of sp³-hybridized carbons (Fsp3) is 0.600. The monoisotopic (exact) mass is 461 g/mol. The second-order valence-electron chi connectivity index (χ2n) is 5.80. The molecule has 0 radical (unpaired) electrons. The summed E-state index contributed by atoms with van der Waals surface area (Å²) in [5, 5.41) is 10.0. The molecule has 28 heavy (non-hydrogen) atoms. The van der Waals surface area contributed by atoms with Gasteiger partial charge in [0, 0.05) is 18.2 Å². The van der Waals surface area contributed by atoms with Gasteiger partial charge in [0.2, 0.25) is 0 Å². The molecule has 0 saturated heterocycles. The topological polar surface area (TPSA) is 252 Å². The third-order valence-corrected chi connectivity index (χ3v) is 7.39. The molecule has 5 atom stereocenters. The lowest BCUT2D eigenvalue weighted by Crippen LogP contribution is -2.26. The van der Waals surface area contributed by atoms with E-state index < -0.39 is 53.8 Å². The minimum Gasteiger partial charge on any atom is -0.790 e. The summed E-state index contributed by atoms with van der Waals surface area (Å²) in [7, 11) is -17.8. The molecular weight excluding hydrogens is 447 g/mol. The van der Waals surface area contributed by atoms with E-state index >= 15 is 0 Å². The van der Waals surface area contributed by atoms with E-state index in [0.717, 1.165) is 0 Å². The maximum absolute atomic E-state index is 11.8. The molecule has 15 nitrogen and oxygen atoms in total. The number of hydrogen-bond donors (Lipinski definition) is 2. The lowest BCUT2D eigenvalue weighted by molar-refractivity contribution is -0.339. The van der Waals surface area contributed by atoms with E-state index in [1.54, 1.807) is 0 Å². The molecule has 2 rings (SSSR count). The van der Waals surface area contributed by atoms with Gasteiger partial charge in [-0.3, -0.25) is 18.0 Å². The zero-order chi connectivity index (χ0) is 21.3. The molecule has 1 fully saturated rings. The van der Waals surface area contributed by atoms with Crippen molar-refractivity contribution >= 4 is 29.3 Å². The van der Waals surface area contributed by atoms with Gasteiger partial charge in [-0.1, -0.05) is 0 Å². The minimum absolute atomic E-state index is 0.00547. The Hall–Kier alpha value is -0.950. The van der Waals surface area contributed by atoms with Crippen LogP contribution in [0.4, 0.5) is 5.82 Å². The van der Waals surface area contributed by atoms with E-state index in [1.807, 2.05) is 0 Å². The average Bonchev–Trinajstić information content (AvgIpc) is 2.82. The first-order valence-corrected chi connectivity index (χ1v) is 11.8. The van der Waals surface area contributed by atoms with Crippen molar-refractivity contribution in [2.45, 2.75) is 25.0 Å². The number of aromatic nitrogens is 2. The van der Waals surface area contributed by atoms with Crippen LogP contribution in [-0.4, -0.2) is 27.4 Å². The van der Waals surface area contributed by atoms with Crippen molar-refractivity contribution in [3.05, 3.63) is 22.7 Å². The highest BCUT2D eigenvalue weighted by molar-refractivity contribution is 7.64. The van der Waals surface area contributed by atoms with Crippen LogP contribution in [0.15, 0.2) is 17.1 Å². The number of nitrogens with two attached hydrogens (primary N) is 1. The standard InChI is InChI=1S/C10H18N3O12P3/c11-9-1-2-13(10(15)12-9)7-3-6(8(14)4-7)5-23-27(19,20)25-28(21,22)24-26(16,17)18/h1-2,6-8,14H,3-5H2,(H,19,20)(H,21,22)(H2,11,12,15)(H2,16,17,18)/p-4/t6-,7-,8?/m1/s1. The molecule has 1 saturated carbocycles. The molecule has 3 N–H and O–H groups in total. The molecule has 0 spiro atoms. The first-order chi connectivity index (χ1) is 12.7. The molecular formula is C10H14N3O12P3-4. The minimum atomic E-state index is -6.08. The smallest absolute Gasteiger partial charge is 0.349 e. The maximum Gasteiger partial charge on any atom is 0.349 e. The summed E-state index contributed by atoms with van der Waals surface area (Å²) in [6.07, 6.45) is 0.340. The van der Waals surface area contributed by atoms with E-state index in [-0.39, 0.29) is 18.7 Å². The number of phosphoric acid groups is 3. The molecule has 3 unspecified atom stereocenters. The van der Waals surface area contributed by atoms with Gasteiger partial charge < -0.3 is 39.5 Å². The van der Waals surface area contributed by atoms with Crippen LogP contribution >= 0.6 is 23.5 Å². The number of nitrogens with zero attached hydrogens (tertiary/aromatic N) is 2. The predicted octanol–water partition coefficient (Wildman–Crippen LogP) is -3.05. The summed E-state index contributed by atoms with van der Waals surface area (Å²) in [6.45, 7) is -0.748. The van der Waals surface area contributed by atoms with Gasteiger partial charge in [-0.2, -0.15) is 4.98 Å². The fourth-order valence-electron chi connectivity index (χ4n) is 2.65. The predicted molar refractivity (Wildman–Crippen MR) is 81.6 cm³/mol. The van der Waals surface area contributed by atoms with Crippen LogP contribution in [0.25, 0.3) is 0 Å². The Bertz CT molecular complexity index is 914. The van der Waals surface area contributed by atoms with Crippen LogP contribution in [0.3, 0.4) is 0 Å². The Morgan fingerprint density at radius 2 is 1.82 bits per heavy atom. The number of aliphatic hydroxyl groups excluding tert-OH is 1. The number of hydrogen-bond acceptors (Lipinski definition) is 14. The van der Waals surface area contributed by atoms with Gasteiger partial charge in [0.25, 0.3) is 15.6 Å². The Kier molecular flexibility index (Phi) is 7.02. The van der Waals surface area contributed by atoms with Crippen LogP contribution < -0.4 is 31.0 Å². The maximum atomic E-state index is 11.8. The van der Waals surface area contributed by atoms with Crippen molar-refractivity contribution in [2.75, 3.05) is 12.3 Å². The van der Waals surface area contributed by atoms with Crippen molar-refractivity contribution in [3.63, 3.8) is 0 Å². The molecule has 1 aromatic rings. The van der Waals surface area contributed by atoms with E-state index in [0.29, 0.717) is 0 Å². The number of anilines is 1. The highest BCUT2D eigenvalue weighted by Gasteiger charge is 2.36. The summed E-state index contributed by atoms with van der Waals surface area (Å²) < 4.78 is 44.8. The van der Waals surface area contributed by atoms with E-state index in [1.165, 1.54) is 16.8 Å². The van der Waals surface area contributed by atoms with Gasteiger partial charge in [-0.25, -0.2) is 9.11 Å². The summed E-state index contributed by atoms with van der Waals surface area (Å²) in [4.78, 5) is 58.4. The molecule has 1 aromatic heterocycles. The fourth-order valence-corrected chi connectivity index (χ4v) is 5.56. The van der Waals surface area contributed by atoms with Gasteiger partial charge in [-0.15, -0.1) is 0 Å². The molecule has 18 heteroatoms. The molecule has 0 bridgehead atoms. The van der Waals surface area contributed by atoms with Crippen LogP contribution in [0.2, 0.25) is 0 Å². The number of nitrogen functional groups attached to an aromatic ring is 1. The van der Waals surface area contributed by atoms with Gasteiger partial charge in [0.15, 0.2) is 0 Å². The number of phosphoric ester groups is 1. The average molecular weight is 461 g/mol. The van der Waals surface area contributed by atoms with Gasteiger partial charge in [0.1, 0.15) is 5.82 Å². The van der Waals surface area contributed by atoms with Gasteiger partial charge >= 0.3 is 5.69 Å². The second-order valence-corrected chi connectivity index (χ2v) is 10.0. The Balaban J connectivity index is 1.98. The molecule has 0 amide bonds. The van der Waals surface area contributed by atoms with Crippen LogP contribution in [0.5, 0.6) is 0 Å². The summed E-state index contributed by atoms with van der Waals surface area (Å²) in [6, 6.07) is 0.797. The molecule has 160 valence electrons. The van der Waals surface area contributed by atoms with Gasteiger partial charge in [0.05, 0.1) is 20.5 Å². The van der Waals surface area contributed by atoms with Crippen molar-refractivity contribution in [1.82, 2.24) is 9.55 Å². The largest absolute Gasteiger partial charge is 0.790 e. The Morgan fingerprint density at radius 3 is 2.39 bits per heavy atom. The summed E-state index contributed by atoms with van der Waals surface area (Å²) >= 11 is 0. The third kappa shape index (κ3) is 6.83. The second kappa shape index (κ2) is 8.42. The normalized spacial score (nSPS) is 27.2. The number of rotatable bonds is 8. The highest BCUT2D eigenvalue weighted by Crippen LogP contribution is 2.60. The van der Waals surface area contributed by atoms with Crippen molar-refractivity contribution in [3.8, 4) is 0 Å². The molecule has 0 aromatic carbocycles. The van der Waals surface area contributed by atoms with Gasteiger partial charge in [-0.05, 0) is 18.9 Å². The Labute approximate surface area is 157 Å². The van der Waals surface area contributed by atoms with E-state index in [9.17, 15) is 43.2 Å². The molecule has 0 aliphatic heterocycles. The van der Waals surface area contributed by atoms with Crippen LogP contribution in [0, 0.1) is 5.92 Å². The zero-order valence-electron chi connectivity index (χ0n) is 13.8. The Morgan fingerprint density at radius 1 is 1.18 bits per heavy atom. The van der Waals surface area contributed by atoms with E-state index in [4.69, 9.17) is 5.73 Å². The van der Waals surface area contributed by atoms with Crippen molar-refractivity contribution in [1.29, 1.82) is 0 Å². The quantitative estimate of drug-likeness (QED) is 0.365. The zero-order valence-corrected chi connectivity index (χ0v) is 16.4. The molecule has 1 heterocycles. The lowest BCUT2D eigenvalue weighted by atomic mass is 10.1. The summed E-state index contributed by atoms with van der Waals surface area (Å²) in [5.41, 5.74) is 4.70. The SMILES string of the molecule is Nc1ccn([C@H]2CC(O)[C@@H](COP(=O)([O-])OP(=O)([O-])OP(=O)([O-])[O-])C2)c(=O)n1. The lowest BCUT2D eigenvalue weighted by Gasteiger charge is -2.37. The first kappa shape index (κ1) is 23.3. The molecule has 1 aliphatic carbocycles. The van der Waals surface area contributed by atoms with Crippen molar-refractivity contribution < 1.29 is 51.5 Å². The third-order valence-electron chi connectivity index (χ3n) is 3.72. The van der Waals surface area contributed by atoms with Crippen LogP contribution in [0.1, 0.15) is 18.9 Å². The summed E-state index contributed by atoms with van der Waals surface area (Å²) in [5.74, 6) is -0.855. The van der Waals surface area contributed by atoms with Crippen molar-refractivity contribution in [2.24, 2.45) is 5.92 Å². The van der Waals surface area contributed by atoms with E-state index in [2.05, 4.69) is 18.1 Å². The first-order valence-electron chi connectivity index (χ1n) is 7.41. The number of aliphatic hydroxyl groups is 1. The molecule has 1 aliphatic rings.